The van der Waals surface area contributed by atoms with Crippen LogP contribution >= 0.6 is 0 Å². The summed E-state index contributed by atoms with van der Waals surface area (Å²) >= 11 is 0. The van der Waals surface area contributed by atoms with Crippen LogP contribution in [-0.4, -0.2) is 45.2 Å². The average molecular weight is 342 g/mol. The number of azide groups is 1. The van der Waals surface area contributed by atoms with Gasteiger partial charge in [0.25, 0.3) is 0 Å². The van der Waals surface area contributed by atoms with Crippen molar-refractivity contribution in [2.24, 2.45) is 5.11 Å². The maximum absolute atomic E-state index is 14.8. The smallest absolute Gasteiger partial charge is 0.351 e. The minimum Gasteiger partial charge on any atom is -0.456 e. The minimum absolute atomic E-state index is 0.0744. The van der Waals surface area contributed by atoms with Gasteiger partial charge in [-0.3, -0.25) is 9.36 Å². The van der Waals surface area contributed by atoms with E-state index < -0.39 is 42.5 Å². The predicted molar refractivity (Wildman–Crippen MR) is 77.1 cm³/mol. The van der Waals surface area contributed by atoms with Crippen molar-refractivity contribution in [1.29, 1.82) is 0 Å². The lowest BCUT2D eigenvalue weighted by Crippen LogP contribution is -2.46. The first-order chi connectivity index (χ1) is 11.4. The molecule has 0 bridgehead atoms. The number of nitrogens with zero attached hydrogens (tertiary/aromatic N) is 5. The summed E-state index contributed by atoms with van der Waals surface area (Å²) in [6.45, 7) is 0.512. The van der Waals surface area contributed by atoms with Crippen molar-refractivity contribution in [3.63, 3.8) is 0 Å². The molecule has 0 aromatic carbocycles. The van der Waals surface area contributed by atoms with Crippen LogP contribution in [0.1, 0.15) is 19.6 Å². The van der Waals surface area contributed by atoms with Crippen molar-refractivity contribution in [2.75, 3.05) is 12.3 Å². The molecule has 11 nitrogen and oxygen atoms in total. The summed E-state index contributed by atoms with van der Waals surface area (Å²) in [5, 5.41) is 12.8. The molecule has 0 saturated carbocycles. The Kier molecular flexibility index (Phi) is 5.02. The number of esters is 1. The number of hydrogen-bond acceptors (Lipinski definition) is 8. The molecule has 24 heavy (non-hydrogen) atoms. The molecule has 1 aliphatic heterocycles. The number of hydrogen-bond donors (Lipinski definition) is 2. The number of aliphatic hydroxyl groups excluding tert-OH is 1. The maximum atomic E-state index is 14.8. The molecule has 1 aromatic heterocycles. The maximum Gasteiger partial charge on any atom is 0.351 e. The molecule has 1 aliphatic rings. The summed E-state index contributed by atoms with van der Waals surface area (Å²) in [4.78, 5) is 29.3. The van der Waals surface area contributed by atoms with Gasteiger partial charge < -0.3 is 20.3 Å². The van der Waals surface area contributed by atoms with Crippen LogP contribution in [0.3, 0.4) is 0 Å². The standard InChI is InChI=1S/C12H15FN6O5/c1-2-7(21)23-9-8(13)10(24-12(9,5-20)17-18-15)19-4-3-6(14)16-11(19)22/h3-4,8-10,20H,2,5H2,1H3,(H2,14,16,22)/t8-,9+,10-,12-/m1/s1. The Labute approximate surface area is 134 Å². The van der Waals surface area contributed by atoms with Crippen molar-refractivity contribution in [2.45, 2.75) is 37.6 Å². The molecule has 4 atom stereocenters. The summed E-state index contributed by atoms with van der Waals surface area (Å²) in [6, 6.07) is 1.23. The number of anilines is 1. The molecule has 12 heteroatoms. The Morgan fingerprint density at radius 1 is 1.75 bits per heavy atom. The fraction of sp³-hybridized carbons (Fsp3) is 0.583. The lowest BCUT2D eigenvalue weighted by Gasteiger charge is -2.26. The molecule has 0 amide bonds. The van der Waals surface area contributed by atoms with Gasteiger partial charge in [0.15, 0.2) is 18.5 Å². The highest BCUT2D eigenvalue weighted by Crippen LogP contribution is 2.41. The van der Waals surface area contributed by atoms with Crippen molar-refractivity contribution in [3.8, 4) is 0 Å². The lowest BCUT2D eigenvalue weighted by molar-refractivity contribution is -0.167. The largest absolute Gasteiger partial charge is 0.456 e. The number of rotatable bonds is 5. The first-order valence-electron chi connectivity index (χ1n) is 6.91. The average Bonchev–Trinajstić information content (AvgIpc) is 2.81. The van der Waals surface area contributed by atoms with Gasteiger partial charge in [-0.25, -0.2) is 9.18 Å². The Morgan fingerprint density at radius 2 is 2.46 bits per heavy atom. The normalized spacial score (nSPS) is 29.0. The van der Waals surface area contributed by atoms with Crippen LogP contribution in [-0.2, 0) is 14.3 Å². The Morgan fingerprint density at radius 3 is 3.00 bits per heavy atom. The summed E-state index contributed by atoms with van der Waals surface area (Å²) in [5.74, 6) is -0.872. The number of carbonyl (C=O) groups is 1. The van der Waals surface area contributed by atoms with E-state index in [0.717, 1.165) is 10.8 Å². The van der Waals surface area contributed by atoms with Crippen molar-refractivity contribution < 1.29 is 23.8 Å². The molecule has 1 fully saturated rings. The molecule has 0 aliphatic carbocycles. The van der Waals surface area contributed by atoms with Crippen LogP contribution < -0.4 is 11.4 Å². The van der Waals surface area contributed by atoms with Gasteiger partial charge in [0.1, 0.15) is 5.82 Å². The Balaban J connectivity index is 2.47. The zero-order chi connectivity index (χ0) is 17.9. The zero-order valence-corrected chi connectivity index (χ0v) is 12.6. The van der Waals surface area contributed by atoms with Crippen LogP contribution in [0.2, 0.25) is 0 Å². The molecule has 0 radical (unpaired) electrons. The van der Waals surface area contributed by atoms with Crippen LogP contribution in [0.25, 0.3) is 10.4 Å². The first-order valence-corrected chi connectivity index (χ1v) is 6.91. The van der Waals surface area contributed by atoms with Crippen molar-refractivity contribution >= 4 is 11.8 Å². The number of carbonyl (C=O) groups excluding carboxylic acids is 1. The van der Waals surface area contributed by atoms with E-state index in [4.69, 9.17) is 20.7 Å². The minimum atomic E-state index is -2.20. The number of nitrogens with two attached hydrogens (primary N) is 1. The van der Waals surface area contributed by atoms with Gasteiger partial charge in [-0.15, -0.1) is 0 Å². The molecule has 130 valence electrons. The third-order valence-corrected chi connectivity index (χ3v) is 3.44. The Hall–Kier alpha value is -2.69. The van der Waals surface area contributed by atoms with Crippen molar-refractivity contribution in [1.82, 2.24) is 9.55 Å². The molecule has 2 rings (SSSR count). The van der Waals surface area contributed by atoms with E-state index >= 15 is 0 Å². The van der Waals surface area contributed by atoms with E-state index in [2.05, 4.69) is 15.0 Å². The van der Waals surface area contributed by atoms with Gasteiger partial charge in [-0.05, 0) is 11.6 Å². The highest BCUT2D eigenvalue weighted by molar-refractivity contribution is 5.69. The molecular weight excluding hydrogens is 327 g/mol. The second-order valence-electron chi connectivity index (χ2n) is 4.95. The summed E-state index contributed by atoms with van der Waals surface area (Å²) in [6.07, 6.45) is -4.40. The number of aliphatic hydroxyl groups is 1. The lowest BCUT2D eigenvalue weighted by atomic mass is 10.1. The van der Waals surface area contributed by atoms with E-state index in [-0.39, 0.29) is 12.2 Å². The van der Waals surface area contributed by atoms with Gasteiger partial charge in [0.2, 0.25) is 5.72 Å². The van der Waals surface area contributed by atoms with Gasteiger partial charge in [-0.2, -0.15) is 4.98 Å². The van der Waals surface area contributed by atoms with E-state index in [1.165, 1.54) is 13.0 Å². The highest BCUT2D eigenvalue weighted by Gasteiger charge is 2.59. The van der Waals surface area contributed by atoms with Gasteiger partial charge in [0.05, 0.1) is 6.61 Å². The SMILES string of the molecule is CCC(=O)O[C@H]1[C@@H](F)[C@H](n2ccc(N)nc2=O)O[C@@]1(CO)N=[N+]=[N-]. The first kappa shape index (κ1) is 17.7. The predicted octanol–water partition coefficient (Wildman–Crippen LogP) is 0.0131. The molecule has 1 aromatic rings. The number of aromatic nitrogens is 2. The summed E-state index contributed by atoms with van der Waals surface area (Å²) < 4.78 is 25.8. The summed E-state index contributed by atoms with van der Waals surface area (Å²) in [5.41, 5.74) is 10.9. The fourth-order valence-corrected chi connectivity index (χ4v) is 2.27. The van der Waals surface area contributed by atoms with Gasteiger partial charge in [0, 0.05) is 17.5 Å². The van der Waals surface area contributed by atoms with E-state index in [1.54, 1.807) is 0 Å². The monoisotopic (exact) mass is 342 g/mol. The van der Waals surface area contributed by atoms with Crippen LogP contribution in [0.5, 0.6) is 0 Å². The molecule has 3 N–H and O–H groups in total. The van der Waals surface area contributed by atoms with Crippen LogP contribution in [0.4, 0.5) is 10.2 Å². The second-order valence-corrected chi connectivity index (χ2v) is 4.95. The fourth-order valence-electron chi connectivity index (χ4n) is 2.27. The van der Waals surface area contributed by atoms with E-state index in [9.17, 15) is 19.1 Å². The topological polar surface area (TPSA) is 165 Å². The summed E-state index contributed by atoms with van der Waals surface area (Å²) in [7, 11) is 0. The zero-order valence-electron chi connectivity index (χ0n) is 12.6. The highest BCUT2D eigenvalue weighted by atomic mass is 19.1. The molecule has 0 unspecified atom stereocenters. The Bertz CT molecular complexity index is 735. The quantitative estimate of drug-likeness (QED) is 0.329. The van der Waals surface area contributed by atoms with E-state index in [0.29, 0.717) is 0 Å². The van der Waals surface area contributed by atoms with Gasteiger partial charge in [-0.1, -0.05) is 12.0 Å². The molecule has 1 saturated heterocycles. The molecule has 2 heterocycles. The number of ether oxygens (including phenoxy) is 2. The molecular formula is C12H15FN6O5. The third-order valence-electron chi connectivity index (χ3n) is 3.44. The second kappa shape index (κ2) is 6.83. The van der Waals surface area contributed by atoms with Crippen LogP contribution in [0.15, 0.2) is 22.2 Å². The number of nitrogen functional groups attached to an aromatic ring is 1. The van der Waals surface area contributed by atoms with Crippen LogP contribution in [0, 0.1) is 0 Å². The molecule has 0 spiro atoms. The van der Waals surface area contributed by atoms with Crippen molar-refractivity contribution in [3.05, 3.63) is 33.2 Å². The van der Waals surface area contributed by atoms with Gasteiger partial charge >= 0.3 is 11.7 Å². The number of halogens is 1. The third kappa shape index (κ3) is 3.02. The van der Waals surface area contributed by atoms with E-state index in [1.807, 2.05) is 0 Å². The number of alkyl halides is 1.